The van der Waals surface area contributed by atoms with Crippen LogP contribution < -0.4 is 5.56 Å². The van der Waals surface area contributed by atoms with Crippen molar-refractivity contribution in [3.63, 3.8) is 0 Å². The second-order valence-electron chi connectivity index (χ2n) is 6.74. The van der Waals surface area contributed by atoms with Crippen molar-refractivity contribution in [2.45, 2.75) is 24.9 Å². The van der Waals surface area contributed by atoms with Gasteiger partial charge in [0.05, 0.1) is 16.7 Å². The minimum absolute atomic E-state index is 0.0677. The summed E-state index contributed by atoms with van der Waals surface area (Å²) >= 11 is 1.25. The van der Waals surface area contributed by atoms with Crippen molar-refractivity contribution in [3.8, 4) is 5.95 Å². The molecule has 8 nitrogen and oxygen atoms in total. The maximum atomic E-state index is 13.0. The van der Waals surface area contributed by atoms with Gasteiger partial charge < -0.3 is 4.90 Å². The molecule has 1 atom stereocenters. The highest BCUT2D eigenvalue weighted by Gasteiger charge is 2.22. The van der Waals surface area contributed by atoms with Crippen molar-refractivity contribution in [1.82, 2.24) is 29.6 Å². The Labute approximate surface area is 160 Å². The molecular formula is C18H20N6O2S. The Kier molecular flexibility index (Phi) is 4.93. The van der Waals surface area contributed by atoms with Crippen molar-refractivity contribution in [2.24, 2.45) is 5.92 Å². The Balaban J connectivity index is 1.65. The number of carbonyl (C=O) groups excluding carboxylic acids is 1. The van der Waals surface area contributed by atoms with Gasteiger partial charge in [0.15, 0.2) is 5.16 Å². The van der Waals surface area contributed by atoms with E-state index in [-0.39, 0.29) is 17.2 Å². The third-order valence-electron chi connectivity index (χ3n) is 4.69. The molecule has 1 aliphatic rings. The van der Waals surface area contributed by atoms with E-state index in [1.807, 2.05) is 11.0 Å². The van der Waals surface area contributed by atoms with Gasteiger partial charge in [-0.1, -0.05) is 30.8 Å². The number of rotatable bonds is 4. The number of hydrogen-bond donors (Lipinski definition) is 1. The number of hydrogen-bond acceptors (Lipinski definition) is 6. The summed E-state index contributed by atoms with van der Waals surface area (Å²) in [5, 5.41) is 7.46. The first-order chi connectivity index (χ1) is 13.1. The lowest BCUT2D eigenvalue weighted by molar-refractivity contribution is -0.130. The summed E-state index contributed by atoms with van der Waals surface area (Å²) in [5.41, 5.74) is 0.360. The summed E-state index contributed by atoms with van der Waals surface area (Å²) in [6.45, 7) is 3.75. The van der Waals surface area contributed by atoms with Crippen LogP contribution in [0.4, 0.5) is 0 Å². The fraction of sp³-hybridized carbons (Fsp3) is 0.389. The topological polar surface area (TPSA) is 96.8 Å². The molecular weight excluding hydrogens is 364 g/mol. The summed E-state index contributed by atoms with van der Waals surface area (Å²) in [7, 11) is 0. The van der Waals surface area contributed by atoms with E-state index in [0.29, 0.717) is 27.9 Å². The molecule has 1 saturated heterocycles. The molecule has 1 fully saturated rings. The van der Waals surface area contributed by atoms with Crippen LogP contribution in [0.5, 0.6) is 0 Å². The van der Waals surface area contributed by atoms with E-state index in [1.54, 1.807) is 18.2 Å². The van der Waals surface area contributed by atoms with Crippen LogP contribution in [-0.2, 0) is 4.79 Å². The third-order valence-corrected chi connectivity index (χ3v) is 5.62. The predicted molar refractivity (Wildman–Crippen MR) is 103 cm³/mol. The summed E-state index contributed by atoms with van der Waals surface area (Å²) in [5.74, 6) is 1.11. The fourth-order valence-corrected chi connectivity index (χ4v) is 4.23. The molecule has 1 aliphatic heterocycles. The molecule has 0 bridgehead atoms. The number of nitrogens with one attached hydrogen (secondary N) is 1. The first-order valence-electron chi connectivity index (χ1n) is 8.91. The average molecular weight is 384 g/mol. The lowest BCUT2D eigenvalue weighted by atomic mass is 10.0. The van der Waals surface area contributed by atoms with E-state index in [2.05, 4.69) is 27.1 Å². The van der Waals surface area contributed by atoms with E-state index in [4.69, 9.17) is 0 Å². The number of para-hydroxylation sites is 1. The molecule has 0 radical (unpaired) electrons. The van der Waals surface area contributed by atoms with E-state index in [1.165, 1.54) is 22.7 Å². The summed E-state index contributed by atoms with van der Waals surface area (Å²) in [6, 6.07) is 7.15. The Morgan fingerprint density at radius 1 is 1.37 bits per heavy atom. The molecule has 0 aliphatic carbocycles. The van der Waals surface area contributed by atoms with Gasteiger partial charge in [-0.05, 0) is 30.9 Å². The number of thioether (sulfide) groups is 1. The summed E-state index contributed by atoms with van der Waals surface area (Å²) < 4.78 is 1.38. The maximum Gasteiger partial charge on any atom is 0.269 e. The number of aromatic amines is 1. The van der Waals surface area contributed by atoms with E-state index in [9.17, 15) is 9.59 Å². The third kappa shape index (κ3) is 3.59. The maximum absolute atomic E-state index is 13.0. The molecule has 140 valence electrons. The van der Waals surface area contributed by atoms with Gasteiger partial charge >= 0.3 is 0 Å². The zero-order valence-corrected chi connectivity index (χ0v) is 15.8. The minimum atomic E-state index is -0.237. The molecule has 9 heteroatoms. The lowest BCUT2D eigenvalue weighted by Gasteiger charge is -2.30. The van der Waals surface area contributed by atoms with Crippen molar-refractivity contribution in [2.75, 3.05) is 18.8 Å². The number of likely N-dealkylation sites (tertiary alicyclic amines) is 1. The molecule has 3 aromatic rings. The van der Waals surface area contributed by atoms with Gasteiger partial charge in [-0.15, -0.1) is 0 Å². The largest absolute Gasteiger partial charge is 0.342 e. The number of amides is 1. The molecule has 4 rings (SSSR count). The number of fused-ring (bicyclic) bond motifs is 1. The number of benzene rings is 1. The van der Waals surface area contributed by atoms with Crippen LogP contribution >= 0.6 is 11.8 Å². The highest BCUT2D eigenvalue weighted by Crippen LogP contribution is 2.22. The van der Waals surface area contributed by atoms with Gasteiger partial charge in [0.1, 0.15) is 6.33 Å². The van der Waals surface area contributed by atoms with Gasteiger partial charge in [0.25, 0.3) is 5.56 Å². The van der Waals surface area contributed by atoms with Gasteiger partial charge in [-0.2, -0.15) is 10.1 Å². The normalized spacial score (nSPS) is 17.4. The van der Waals surface area contributed by atoms with Crippen LogP contribution in [0.1, 0.15) is 19.8 Å². The van der Waals surface area contributed by atoms with Crippen LogP contribution in [0.25, 0.3) is 16.9 Å². The van der Waals surface area contributed by atoms with E-state index < -0.39 is 0 Å². The van der Waals surface area contributed by atoms with Gasteiger partial charge in [0, 0.05) is 13.1 Å². The molecule has 27 heavy (non-hydrogen) atoms. The molecule has 0 spiro atoms. The van der Waals surface area contributed by atoms with Crippen molar-refractivity contribution in [3.05, 3.63) is 40.9 Å². The van der Waals surface area contributed by atoms with Crippen LogP contribution in [0.15, 0.2) is 40.5 Å². The van der Waals surface area contributed by atoms with Crippen molar-refractivity contribution >= 4 is 28.6 Å². The number of H-pyrrole nitrogens is 1. The Hall–Kier alpha value is -2.68. The second kappa shape index (κ2) is 7.51. The fourth-order valence-electron chi connectivity index (χ4n) is 3.34. The lowest BCUT2D eigenvalue weighted by Crippen LogP contribution is -2.40. The first-order valence-corrected chi connectivity index (χ1v) is 9.90. The molecule has 0 unspecified atom stereocenters. The molecule has 0 saturated carbocycles. The van der Waals surface area contributed by atoms with Gasteiger partial charge in [-0.3, -0.25) is 9.59 Å². The van der Waals surface area contributed by atoms with Crippen molar-refractivity contribution in [1.29, 1.82) is 0 Å². The second-order valence-corrected chi connectivity index (χ2v) is 7.68. The van der Waals surface area contributed by atoms with E-state index >= 15 is 0 Å². The number of piperidine rings is 1. The zero-order chi connectivity index (χ0) is 18.8. The molecule has 1 aromatic carbocycles. The quantitative estimate of drug-likeness (QED) is 0.545. The summed E-state index contributed by atoms with van der Waals surface area (Å²) in [6.07, 6.45) is 3.54. The minimum Gasteiger partial charge on any atom is -0.342 e. The van der Waals surface area contributed by atoms with E-state index in [0.717, 1.165) is 25.9 Å². The van der Waals surface area contributed by atoms with Gasteiger partial charge in [-0.25, -0.2) is 14.6 Å². The molecule has 1 N–H and O–H groups in total. The Morgan fingerprint density at radius 3 is 3.00 bits per heavy atom. The monoisotopic (exact) mass is 384 g/mol. The zero-order valence-electron chi connectivity index (χ0n) is 15.0. The number of carbonyl (C=O) groups is 1. The summed E-state index contributed by atoms with van der Waals surface area (Å²) in [4.78, 5) is 36.2. The smallest absolute Gasteiger partial charge is 0.269 e. The average Bonchev–Trinajstić information content (AvgIpc) is 3.20. The number of aromatic nitrogens is 5. The first kappa shape index (κ1) is 17.7. The van der Waals surface area contributed by atoms with Crippen LogP contribution in [0, 0.1) is 5.92 Å². The standard InChI is InChI=1S/C18H20N6O2S/c1-12-5-4-8-23(9-12)15(25)10-27-18-21-14-7-3-2-6-13(14)16(26)24(18)17-19-11-20-22-17/h2-3,6-7,11-12H,4-5,8-10H2,1H3,(H,19,20,22)/t12-/m0/s1. The molecule has 2 aromatic heterocycles. The van der Waals surface area contributed by atoms with Crippen LogP contribution in [-0.4, -0.2) is 54.4 Å². The Morgan fingerprint density at radius 2 is 2.22 bits per heavy atom. The highest BCUT2D eigenvalue weighted by molar-refractivity contribution is 7.99. The SMILES string of the molecule is C[C@H]1CCCN(C(=O)CSc2nc3ccccc3c(=O)n2-c2ncn[nH]2)C1. The highest BCUT2D eigenvalue weighted by atomic mass is 32.2. The molecule has 3 heterocycles. The van der Waals surface area contributed by atoms with Crippen LogP contribution in [0.2, 0.25) is 0 Å². The molecule has 1 amide bonds. The number of nitrogens with zero attached hydrogens (tertiary/aromatic N) is 5. The van der Waals surface area contributed by atoms with Crippen molar-refractivity contribution < 1.29 is 4.79 Å². The van der Waals surface area contributed by atoms with Gasteiger partial charge in [0.2, 0.25) is 11.9 Å². The van der Waals surface area contributed by atoms with Crippen LogP contribution in [0.3, 0.4) is 0 Å². The predicted octanol–water partition coefficient (Wildman–Crippen LogP) is 1.85. The Bertz CT molecular complexity index is 1020.